The van der Waals surface area contributed by atoms with Crippen molar-refractivity contribution >= 4 is 0 Å². The number of ether oxygens (including phenoxy) is 1. The fourth-order valence-corrected chi connectivity index (χ4v) is 1.59. The van der Waals surface area contributed by atoms with E-state index in [0.717, 1.165) is 11.6 Å². The van der Waals surface area contributed by atoms with Gasteiger partial charge in [-0.1, -0.05) is 23.8 Å². The van der Waals surface area contributed by atoms with Crippen LogP contribution in [0.1, 0.15) is 16.7 Å². The van der Waals surface area contributed by atoms with Gasteiger partial charge in [-0.3, -0.25) is 0 Å². The third-order valence-electron chi connectivity index (χ3n) is 2.78. The Hall–Kier alpha value is -1.97. The highest BCUT2D eigenvalue weighted by atomic mass is 19.3. The van der Waals surface area contributed by atoms with E-state index in [1.807, 2.05) is 0 Å². The van der Waals surface area contributed by atoms with Crippen molar-refractivity contribution in [3.05, 3.63) is 65.0 Å². The predicted octanol–water partition coefficient (Wildman–Crippen LogP) is 4.57. The fraction of sp³-hybridized carbons (Fsp3) is 0.200. The van der Waals surface area contributed by atoms with E-state index in [9.17, 15) is 13.2 Å². The standard InChI is InChI=1S/C15H13F3O/c1-10-3-6-12(7-4-10)15(17,18)19-13-8-5-11(2)14(16)9-13/h3-9H,1-2H3. The summed E-state index contributed by atoms with van der Waals surface area (Å²) in [6.45, 7) is 3.36. The minimum Gasteiger partial charge on any atom is -0.429 e. The van der Waals surface area contributed by atoms with Crippen molar-refractivity contribution in [2.45, 2.75) is 20.0 Å². The molecule has 0 bridgehead atoms. The minimum absolute atomic E-state index is 0.200. The van der Waals surface area contributed by atoms with Crippen LogP contribution in [-0.2, 0) is 6.11 Å². The van der Waals surface area contributed by atoms with E-state index in [0.29, 0.717) is 5.56 Å². The molecule has 0 heterocycles. The summed E-state index contributed by atoms with van der Waals surface area (Å²) in [5.74, 6) is -0.772. The topological polar surface area (TPSA) is 9.23 Å². The van der Waals surface area contributed by atoms with Gasteiger partial charge in [0.25, 0.3) is 0 Å². The average molecular weight is 266 g/mol. The molecule has 4 heteroatoms. The number of alkyl halides is 2. The van der Waals surface area contributed by atoms with E-state index >= 15 is 0 Å². The Bertz CT molecular complexity index is 576. The zero-order valence-corrected chi connectivity index (χ0v) is 10.6. The van der Waals surface area contributed by atoms with Gasteiger partial charge in [-0.05, 0) is 37.6 Å². The maximum absolute atomic E-state index is 13.9. The van der Waals surface area contributed by atoms with Crippen LogP contribution in [0.2, 0.25) is 0 Å². The van der Waals surface area contributed by atoms with Gasteiger partial charge in [0.2, 0.25) is 0 Å². The molecular formula is C15H13F3O. The smallest absolute Gasteiger partial charge is 0.426 e. The highest BCUT2D eigenvalue weighted by molar-refractivity contribution is 5.30. The van der Waals surface area contributed by atoms with Crippen LogP contribution in [0.25, 0.3) is 0 Å². The largest absolute Gasteiger partial charge is 0.429 e. The molecule has 2 aromatic rings. The molecule has 0 radical (unpaired) electrons. The molecule has 0 aliphatic heterocycles. The Morgan fingerprint density at radius 3 is 2.16 bits per heavy atom. The number of benzene rings is 2. The van der Waals surface area contributed by atoms with Crippen LogP contribution in [0.3, 0.4) is 0 Å². The lowest BCUT2D eigenvalue weighted by Gasteiger charge is -2.18. The Balaban J connectivity index is 2.25. The Labute approximate surface area is 109 Å². The van der Waals surface area contributed by atoms with Crippen molar-refractivity contribution in [2.75, 3.05) is 0 Å². The van der Waals surface area contributed by atoms with Gasteiger partial charge in [0.15, 0.2) is 0 Å². The normalized spacial score (nSPS) is 11.4. The summed E-state index contributed by atoms with van der Waals surface area (Å²) in [6, 6.07) is 9.40. The first-order valence-corrected chi connectivity index (χ1v) is 5.78. The molecule has 2 aromatic carbocycles. The van der Waals surface area contributed by atoms with E-state index in [1.54, 1.807) is 26.0 Å². The van der Waals surface area contributed by atoms with Crippen LogP contribution >= 0.6 is 0 Å². The second-order valence-corrected chi connectivity index (χ2v) is 4.40. The summed E-state index contributed by atoms with van der Waals surface area (Å²) in [6.07, 6.45) is -3.49. The molecule has 0 aliphatic rings. The molecule has 0 amide bonds. The van der Waals surface area contributed by atoms with Gasteiger partial charge < -0.3 is 4.74 Å². The first-order valence-electron chi connectivity index (χ1n) is 5.78. The quantitative estimate of drug-likeness (QED) is 0.790. The van der Waals surface area contributed by atoms with Gasteiger partial charge in [0.05, 0.1) is 5.56 Å². The van der Waals surface area contributed by atoms with Crippen LogP contribution in [-0.4, -0.2) is 0 Å². The molecule has 100 valence electrons. The molecular weight excluding hydrogens is 253 g/mol. The van der Waals surface area contributed by atoms with E-state index in [2.05, 4.69) is 4.74 Å². The molecule has 0 saturated carbocycles. The van der Waals surface area contributed by atoms with Crippen molar-refractivity contribution in [1.29, 1.82) is 0 Å². The molecule has 0 fully saturated rings. The molecule has 0 N–H and O–H groups in total. The lowest BCUT2D eigenvalue weighted by atomic mass is 10.1. The first-order chi connectivity index (χ1) is 8.88. The number of aryl methyl sites for hydroxylation is 2. The highest BCUT2D eigenvalue weighted by Crippen LogP contribution is 2.32. The number of halogens is 3. The van der Waals surface area contributed by atoms with E-state index < -0.39 is 11.9 Å². The summed E-state index contributed by atoms with van der Waals surface area (Å²) in [7, 11) is 0. The van der Waals surface area contributed by atoms with Crippen molar-refractivity contribution in [3.8, 4) is 5.75 Å². The van der Waals surface area contributed by atoms with Gasteiger partial charge in [0, 0.05) is 6.07 Å². The minimum atomic E-state index is -3.49. The van der Waals surface area contributed by atoms with E-state index in [1.165, 1.54) is 24.3 Å². The number of rotatable bonds is 3. The average Bonchev–Trinajstić information content (AvgIpc) is 2.34. The zero-order chi connectivity index (χ0) is 14.0. The fourth-order valence-electron chi connectivity index (χ4n) is 1.59. The van der Waals surface area contributed by atoms with Crippen LogP contribution in [0.4, 0.5) is 13.2 Å². The van der Waals surface area contributed by atoms with Crippen LogP contribution in [0, 0.1) is 19.7 Å². The van der Waals surface area contributed by atoms with Crippen molar-refractivity contribution in [2.24, 2.45) is 0 Å². The number of hydrogen-bond acceptors (Lipinski definition) is 1. The van der Waals surface area contributed by atoms with Crippen molar-refractivity contribution in [3.63, 3.8) is 0 Å². The summed E-state index contributed by atoms with van der Waals surface area (Å²) < 4.78 is 45.6. The van der Waals surface area contributed by atoms with Crippen LogP contribution < -0.4 is 4.74 Å². The van der Waals surface area contributed by atoms with Crippen molar-refractivity contribution in [1.82, 2.24) is 0 Å². The van der Waals surface area contributed by atoms with E-state index in [4.69, 9.17) is 0 Å². The van der Waals surface area contributed by atoms with Crippen LogP contribution in [0.5, 0.6) is 5.75 Å². The maximum Gasteiger partial charge on any atom is 0.426 e. The SMILES string of the molecule is Cc1ccc(C(F)(F)Oc2ccc(C)c(F)c2)cc1. The Morgan fingerprint density at radius 2 is 1.58 bits per heavy atom. The van der Waals surface area contributed by atoms with Crippen LogP contribution in [0.15, 0.2) is 42.5 Å². The third-order valence-corrected chi connectivity index (χ3v) is 2.78. The molecule has 0 saturated heterocycles. The summed E-state index contributed by atoms with van der Waals surface area (Å²) in [5, 5.41) is 0. The molecule has 0 unspecified atom stereocenters. The van der Waals surface area contributed by atoms with Gasteiger partial charge in [-0.15, -0.1) is 0 Å². The van der Waals surface area contributed by atoms with Gasteiger partial charge in [0.1, 0.15) is 11.6 Å². The molecule has 0 spiro atoms. The second kappa shape index (κ2) is 4.96. The molecule has 1 nitrogen and oxygen atoms in total. The zero-order valence-electron chi connectivity index (χ0n) is 10.6. The predicted molar refractivity (Wildman–Crippen MR) is 66.8 cm³/mol. The Kier molecular flexibility index (Phi) is 3.51. The second-order valence-electron chi connectivity index (χ2n) is 4.40. The molecule has 2 rings (SSSR count). The summed E-state index contributed by atoms with van der Waals surface area (Å²) >= 11 is 0. The van der Waals surface area contributed by atoms with Crippen molar-refractivity contribution < 1.29 is 17.9 Å². The number of hydrogen-bond donors (Lipinski definition) is 0. The third kappa shape index (κ3) is 3.08. The first kappa shape index (κ1) is 13.5. The lowest BCUT2D eigenvalue weighted by Crippen LogP contribution is -2.21. The molecule has 0 aliphatic carbocycles. The molecule has 19 heavy (non-hydrogen) atoms. The summed E-state index contributed by atoms with van der Waals surface area (Å²) in [5.41, 5.74) is 0.992. The maximum atomic E-state index is 13.9. The lowest BCUT2D eigenvalue weighted by molar-refractivity contribution is -0.185. The van der Waals surface area contributed by atoms with Gasteiger partial charge >= 0.3 is 6.11 Å². The molecule has 0 atom stereocenters. The Morgan fingerprint density at radius 1 is 0.947 bits per heavy atom. The van der Waals surface area contributed by atoms with Gasteiger partial charge in [-0.2, -0.15) is 8.78 Å². The monoisotopic (exact) mass is 266 g/mol. The highest BCUT2D eigenvalue weighted by Gasteiger charge is 2.34. The molecule has 0 aromatic heterocycles. The summed E-state index contributed by atoms with van der Waals surface area (Å²) in [4.78, 5) is 0. The van der Waals surface area contributed by atoms with E-state index in [-0.39, 0.29) is 11.3 Å². The van der Waals surface area contributed by atoms with Gasteiger partial charge in [-0.25, -0.2) is 4.39 Å².